The van der Waals surface area contributed by atoms with Crippen LogP contribution in [0.3, 0.4) is 0 Å². The van der Waals surface area contributed by atoms with Crippen LogP contribution in [0.1, 0.15) is 53.4 Å². The van der Waals surface area contributed by atoms with Gasteiger partial charge in [-0.05, 0) is 30.6 Å². The molecule has 2 aliphatic rings. The molecule has 0 bridgehead atoms. The first-order valence-corrected chi connectivity index (χ1v) is 7.06. The molecule has 0 aromatic heterocycles. The highest BCUT2D eigenvalue weighted by Crippen LogP contribution is 2.52. The third kappa shape index (κ3) is 2.49. The average molecular weight is 238 g/mol. The quantitative estimate of drug-likeness (QED) is 0.797. The van der Waals surface area contributed by atoms with Crippen LogP contribution in [-0.2, 0) is 4.79 Å². The van der Waals surface area contributed by atoms with E-state index in [1.165, 1.54) is 6.42 Å². The molecule has 2 fully saturated rings. The summed E-state index contributed by atoms with van der Waals surface area (Å²) in [6, 6.07) is 0.0633. The first kappa shape index (κ1) is 12.9. The standard InChI is InChI=1S/C14H26N2O/c1-5-7-12-15-11(6-2)13(17)16(12)9-10-8-14(10,3)4/h10-12,15H,5-9H2,1-4H3. The van der Waals surface area contributed by atoms with Gasteiger partial charge in [-0.1, -0.05) is 34.1 Å². The molecule has 1 amide bonds. The van der Waals surface area contributed by atoms with Gasteiger partial charge in [0.15, 0.2) is 0 Å². The maximum absolute atomic E-state index is 12.3. The smallest absolute Gasteiger partial charge is 0.241 e. The lowest BCUT2D eigenvalue weighted by Crippen LogP contribution is -2.39. The van der Waals surface area contributed by atoms with Gasteiger partial charge >= 0.3 is 0 Å². The van der Waals surface area contributed by atoms with Crippen molar-refractivity contribution in [2.45, 2.75) is 65.6 Å². The van der Waals surface area contributed by atoms with E-state index in [0.29, 0.717) is 17.2 Å². The third-order valence-corrected chi connectivity index (χ3v) is 4.46. The first-order valence-electron chi connectivity index (χ1n) is 7.06. The average Bonchev–Trinajstić information content (AvgIpc) is 2.76. The fourth-order valence-electron chi connectivity index (χ4n) is 2.89. The Kier molecular flexibility index (Phi) is 3.48. The molecule has 1 saturated carbocycles. The summed E-state index contributed by atoms with van der Waals surface area (Å²) in [5, 5.41) is 3.48. The van der Waals surface area contributed by atoms with Crippen molar-refractivity contribution in [3.8, 4) is 0 Å². The Morgan fingerprint density at radius 3 is 2.53 bits per heavy atom. The third-order valence-electron chi connectivity index (χ3n) is 4.46. The number of hydrogen-bond acceptors (Lipinski definition) is 2. The summed E-state index contributed by atoms with van der Waals surface area (Å²) in [6.07, 6.45) is 4.67. The monoisotopic (exact) mass is 238 g/mol. The van der Waals surface area contributed by atoms with Crippen LogP contribution in [0.25, 0.3) is 0 Å². The molecule has 1 heterocycles. The van der Waals surface area contributed by atoms with Crippen LogP contribution >= 0.6 is 0 Å². The fraction of sp³-hybridized carbons (Fsp3) is 0.929. The highest BCUT2D eigenvalue weighted by Gasteiger charge is 2.49. The van der Waals surface area contributed by atoms with E-state index in [2.05, 4.69) is 37.9 Å². The van der Waals surface area contributed by atoms with Crippen LogP contribution < -0.4 is 5.32 Å². The van der Waals surface area contributed by atoms with Crippen LogP contribution in [0, 0.1) is 11.3 Å². The van der Waals surface area contributed by atoms with Gasteiger partial charge in [-0.15, -0.1) is 0 Å². The molecule has 0 aromatic rings. The van der Waals surface area contributed by atoms with Crippen molar-refractivity contribution >= 4 is 5.91 Å². The normalized spacial score (nSPS) is 35.4. The minimum atomic E-state index is 0.0633. The number of nitrogens with zero attached hydrogens (tertiary/aromatic N) is 1. The summed E-state index contributed by atoms with van der Waals surface area (Å²) >= 11 is 0. The van der Waals surface area contributed by atoms with Gasteiger partial charge in [0.25, 0.3) is 0 Å². The second-order valence-electron chi connectivity index (χ2n) is 6.31. The predicted octanol–water partition coefficient (Wildman–Crippen LogP) is 2.37. The Balaban J connectivity index is 1.99. The van der Waals surface area contributed by atoms with Gasteiger partial charge in [0, 0.05) is 6.54 Å². The van der Waals surface area contributed by atoms with Gasteiger partial charge in [0.1, 0.15) is 0 Å². The number of hydrogen-bond donors (Lipinski definition) is 1. The Hall–Kier alpha value is -0.570. The molecule has 1 saturated heterocycles. The van der Waals surface area contributed by atoms with Crippen LogP contribution in [0.15, 0.2) is 0 Å². The van der Waals surface area contributed by atoms with E-state index in [1.807, 2.05) is 0 Å². The second-order valence-corrected chi connectivity index (χ2v) is 6.31. The number of carbonyl (C=O) groups is 1. The van der Waals surface area contributed by atoms with E-state index in [9.17, 15) is 4.79 Å². The molecule has 1 aliphatic carbocycles. The molecule has 2 rings (SSSR count). The molecular weight excluding hydrogens is 212 g/mol. The van der Waals surface area contributed by atoms with E-state index < -0.39 is 0 Å². The molecule has 3 heteroatoms. The Labute approximate surface area is 105 Å². The second kappa shape index (κ2) is 4.60. The zero-order valence-corrected chi connectivity index (χ0v) is 11.6. The topological polar surface area (TPSA) is 32.3 Å². The molecule has 1 aliphatic heterocycles. The lowest BCUT2D eigenvalue weighted by atomic mass is 10.1. The number of amides is 1. The number of carbonyl (C=O) groups excluding carboxylic acids is 1. The maximum atomic E-state index is 12.3. The lowest BCUT2D eigenvalue weighted by Gasteiger charge is -2.24. The van der Waals surface area contributed by atoms with Gasteiger partial charge in [0.05, 0.1) is 12.2 Å². The molecule has 0 spiro atoms. The molecule has 3 unspecified atom stereocenters. The molecular formula is C14H26N2O. The highest BCUT2D eigenvalue weighted by atomic mass is 16.2. The summed E-state index contributed by atoms with van der Waals surface area (Å²) < 4.78 is 0. The van der Waals surface area contributed by atoms with Gasteiger partial charge in [-0.3, -0.25) is 10.1 Å². The van der Waals surface area contributed by atoms with Gasteiger partial charge in [0.2, 0.25) is 5.91 Å². The zero-order valence-electron chi connectivity index (χ0n) is 11.6. The summed E-state index contributed by atoms with van der Waals surface area (Å²) in [5.74, 6) is 1.04. The molecule has 3 nitrogen and oxygen atoms in total. The molecule has 3 atom stereocenters. The van der Waals surface area contributed by atoms with E-state index >= 15 is 0 Å². The molecule has 17 heavy (non-hydrogen) atoms. The Morgan fingerprint density at radius 1 is 1.41 bits per heavy atom. The Bertz CT molecular complexity index is 301. The maximum Gasteiger partial charge on any atom is 0.241 e. The van der Waals surface area contributed by atoms with Gasteiger partial charge < -0.3 is 4.90 Å². The molecule has 0 aromatic carbocycles. The number of nitrogens with one attached hydrogen (secondary N) is 1. The number of rotatable bonds is 5. The minimum absolute atomic E-state index is 0.0633. The summed E-state index contributed by atoms with van der Waals surface area (Å²) in [5.41, 5.74) is 0.460. The summed E-state index contributed by atoms with van der Waals surface area (Å²) in [4.78, 5) is 14.4. The fourth-order valence-corrected chi connectivity index (χ4v) is 2.89. The van der Waals surface area contributed by atoms with E-state index in [4.69, 9.17) is 0 Å². The van der Waals surface area contributed by atoms with Gasteiger partial charge in [-0.25, -0.2) is 0 Å². The summed E-state index contributed by atoms with van der Waals surface area (Å²) in [6.45, 7) is 9.84. The van der Waals surface area contributed by atoms with Crippen molar-refractivity contribution in [3.63, 3.8) is 0 Å². The molecule has 1 N–H and O–H groups in total. The first-order chi connectivity index (χ1) is 7.99. The van der Waals surface area contributed by atoms with Gasteiger partial charge in [-0.2, -0.15) is 0 Å². The van der Waals surface area contributed by atoms with Crippen molar-refractivity contribution in [3.05, 3.63) is 0 Å². The predicted molar refractivity (Wildman–Crippen MR) is 69.5 cm³/mol. The largest absolute Gasteiger partial charge is 0.325 e. The van der Waals surface area contributed by atoms with Crippen molar-refractivity contribution in [1.82, 2.24) is 10.2 Å². The van der Waals surface area contributed by atoms with Crippen LogP contribution in [0.5, 0.6) is 0 Å². The molecule has 98 valence electrons. The van der Waals surface area contributed by atoms with Crippen LogP contribution in [0.4, 0.5) is 0 Å². The van der Waals surface area contributed by atoms with Crippen molar-refractivity contribution < 1.29 is 4.79 Å². The summed E-state index contributed by atoms with van der Waals surface area (Å²) in [7, 11) is 0. The van der Waals surface area contributed by atoms with E-state index in [-0.39, 0.29) is 12.2 Å². The molecule has 0 radical (unpaired) electrons. The van der Waals surface area contributed by atoms with E-state index in [1.54, 1.807) is 0 Å². The van der Waals surface area contributed by atoms with Crippen LogP contribution in [0.2, 0.25) is 0 Å². The SMILES string of the molecule is CCCC1NC(CC)C(=O)N1CC1CC1(C)C. The lowest BCUT2D eigenvalue weighted by molar-refractivity contribution is -0.130. The highest BCUT2D eigenvalue weighted by molar-refractivity contribution is 5.84. The van der Waals surface area contributed by atoms with Crippen molar-refractivity contribution in [2.24, 2.45) is 11.3 Å². The minimum Gasteiger partial charge on any atom is -0.325 e. The Morgan fingerprint density at radius 2 is 2.06 bits per heavy atom. The van der Waals surface area contributed by atoms with E-state index in [0.717, 1.165) is 25.8 Å². The van der Waals surface area contributed by atoms with Crippen LogP contribution in [-0.4, -0.2) is 29.6 Å². The zero-order chi connectivity index (χ0) is 12.6. The van der Waals surface area contributed by atoms with Crippen molar-refractivity contribution in [1.29, 1.82) is 0 Å². The van der Waals surface area contributed by atoms with Crippen molar-refractivity contribution in [2.75, 3.05) is 6.54 Å².